The summed E-state index contributed by atoms with van der Waals surface area (Å²) in [5, 5.41) is 4.29. The van der Waals surface area contributed by atoms with E-state index in [9.17, 15) is 0 Å². The summed E-state index contributed by atoms with van der Waals surface area (Å²) in [5.41, 5.74) is 8.13. The first-order valence-electron chi connectivity index (χ1n) is 6.46. The van der Waals surface area contributed by atoms with Crippen LogP contribution in [0.15, 0.2) is 23.2 Å². The molecule has 2 rings (SSSR count). The predicted molar refractivity (Wildman–Crippen MR) is 81.9 cm³/mol. The quantitative estimate of drug-likeness (QED) is 0.884. The number of likely N-dealkylation sites (N-methyl/N-ethyl adjacent to an activating group) is 1. The van der Waals surface area contributed by atoms with E-state index in [2.05, 4.69) is 45.7 Å². The van der Waals surface area contributed by atoms with E-state index < -0.39 is 0 Å². The molecule has 0 aliphatic carbocycles. The topological polar surface area (TPSA) is 64.3 Å². The average Bonchev–Trinajstić information content (AvgIpc) is 2.93. The third-order valence-corrected chi connectivity index (χ3v) is 4.14. The maximum Gasteiger partial charge on any atom is 0.222 e. The van der Waals surface area contributed by atoms with Gasteiger partial charge < -0.3 is 10.5 Å². The Labute approximate surface area is 123 Å². The normalized spacial score (nSPS) is 12.6. The van der Waals surface area contributed by atoms with Crippen LogP contribution in [0.25, 0.3) is 0 Å². The average molecular weight is 292 g/mol. The van der Waals surface area contributed by atoms with Gasteiger partial charge >= 0.3 is 0 Å². The number of ether oxygens (including phenoxy) is 1. The van der Waals surface area contributed by atoms with Crippen molar-refractivity contribution in [3.63, 3.8) is 0 Å². The molecule has 0 amide bonds. The highest BCUT2D eigenvalue weighted by Crippen LogP contribution is 2.22. The van der Waals surface area contributed by atoms with Crippen molar-refractivity contribution in [1.82, 2.24) is 14.9 Å². The molecule has 20 heavy (non-hydrogen) atoms. The largest absolute Gasteiger partial charge is 0.481 e. The number of anilines is 1. The monoisotopic (exact) mass is 292 g/mol. The Bertz CT molecular complexity index is 544. The molecule has 0 radical (unpaired) electrons. The molecule has 0 aliphatic rings. The number of methoxy groups -OCH3 is 1. The first kappa shape index (κ1) is 14.7. The van der Waals surface area contributed by atoms with E-state index in [1.54, 1.807) is 18.4 Å². The summed E-state index contributed by atoms with van der Waals surface area (Å²) in [4.78, 5) is 10.4. The Kier molecular flexibility index (Phi) is 4.92. The second-order valence-corrected chi connectivity index (χ2v) is 5.63. The fraction of sp³-hybridized carbons (Fsp3) is 0.429. The predicted octanol–water partition coefficient (Wildman–Crippen LogP) is 2.19. The lowest BCUT2D eigenvalue weighted by atomic mass is 10.1. The van der Waals surface area contributed by atoms with Crippen molar-refractivity contribution < 1.29 is 4.74 Å². The molecule has 0 aromatic carbocycles. The van der Waals surface area contributed by atoms with E-state index >= 15 is 0 Å². The van der Waals surface area contributed by atoms with Gasteiger partial charge in [0.05, 0.1) is 12.7 Å². The van der Waals surface area contributed by atoms with Crippen LogP contribution in [0.1, 0.15) is 18.1 Å². The van der Waals surface area contributed by atoms with E-state index in [1.807, 2.05) is 0 Å². The van der Waals surface area contributed by atoms with Gasteiger partial charge in [-0.05, 0) is 42.8 Å². The van der Waals surface area contributed by atoms with E-state index in [1.165, 1.54) is 11.9 Å². The van der Waals surface area contributed by atoms with Crippen LogP contribution in [0.5, 0.6) is 5.88 Å². The zero-order valence-corrected chi connectivity index (χ0v) is 12.9. The summed E-state index contributed by atoms with van der Waals surface area (Å²) in [6.07, 6.45) is 2.43. The standard InChI is InChI=1S/C14H20N4OS/c1-10(6-11-4-5-20-8-11)18(2)7-12-13(15)16-9-17-14(12)19-3/h4-5,8-10H,6-7H2,1-3H3,(H2,15,16,17). The Morgan fingerprint density at radius 3 is 2.90 bits per heavy atom. The maximum absolute atomic E-state index is 5.93. The van der Waals surface area contributed by atoms with Crippen LogP contribution in [0.2, 0.25) is 0 Å². The number of nitrogens with two attached hydrogens (primary N) is 1. The first-order valence-corrected chi connectivity index (χ1v) is 7.40. The van der Waals surface area contributed by atoms with E-state index in [-0.39, 0.29) is 0 Å². The highest BCUT2D eigenvalue weighted by atomic mass is 32.1. The van der Waals surface area contributed by atoms with Crippen molar-refractivity contribution in [2.45, 2.75) is 25.9 Å². The Balaban J connectivity index is 2.05. The zero-order chi connectivity index (χ0) is 14.5. The highest BCUT2D eigenvalue weighted by molar-refractivity contribution is 7.07. The number of thiophene rings is 1. The van der Waals surface area contributed by atoms with Crippen LogP contribution >= 0.6 is 11.3 Å². The minimum Gasteiger partial charge on any atom is -0.481 e. The van der Waals surface area contributed by atoms with E-state index in [0.717, 1.165) is 12.0 Å². The zero-order valence-electron chi connectivity index (χ0n) is 12.0. The first-order chi connectivity index (χ1) is 9.61. The Hall–Kier alpha value is -1.66. The third-order valence-electron chi connectivity index (χ3n) is 3.40. The molecule has 0 bridgehead atoms. The minimum absolute atomic E-state index is 0.397. The molecule has 0 saturated carbocycles. The summed E-state index contributed by atoms with van der Waals surface area (Å²) in [7, 11) is 3.67. The van der Waals surface area contributed by atoms with Gasteiger partial charge in [0.2, 0.25) is 5.88 Å². The molecule has 0 saturated heterocycles. The van der Waals surface area contributed by atoms with Gasteiger partial charge in [-0.15, -0.1) is 0 Å². The van der Waals surface area contributed by atoms with Gasteiger partial charge in [-0.1, -0.05) is 0 Å². The van der Waals surface area contributed by atoms with Gasteiger partial charge in [-0.3, -0.25) is 4.90 Å². The molecule has 2 aromatic heterocycles. The molecule has 5 nitrogen and oxygen atoms in total. The number of hydrogen-bond donors (Lipinski definition) is 1. The molecule has 1 unspecified atom stereocenters. The fourth-order valence-electron chi connectivity index (χ4n) is 2.04. The number of hydrogen-bond acceptors (Lipinski definition) is 6. The van der Waals surface area contributed by atoms with Crippen LogP contribution in [0.4, 0.5) is 5.82 Å². The number of nitrogen functional groups attached to an aromatic ring is 1. The molecule has 108 valence electrons. The van der Waals surface area contributed by atoms with Crippen LogP contribution in [0, 0.1) is 0 Å². The van der Waals surface area contributed by atoms with Gasteiger partial charge in [0.1, 0.15) is 12.1 Å². The smallest absolute Gasteiger partial charge is 0.222 e. The molecule has 1 atom stereocenters. The number of rotatable bonds is 6. The van der Waals surface area contributed by atoms with Gasteiger partial charge in [-0.2, -0.15) is 11.3 Å². The molecule has 2 heterocycles. The van der Waals surface area contributed by atoms with Gasteiger partial charge in [-0.25, -0.2) is 9.97 Å². The lowest BCUT2D eigenvalue weighted by Gasteiger charge is -2.25. The molecule has 2 N–H and O–H groups in total. The van der Waals surface area contributed by atoms with Crippen molar-refractivity contribution >= 4 is 17.2 Å². The molecule has 6 heteroatoms. The molecular weight excluding hydrogens is 272 g/mol. The van der Waals surface area contributed by atoms with Crippen LogP contribution < -0.4 is 10.5 Å². The van der Waals surface area contributed by atoms with Crippen LogP contribution in [-0.2, 0) is 13.0 Å². The summed E-state index contributed by atoms with van der Waals surface area (Å²) >= 11 is 1.73. The fourth-order valence-corrected chi connectivity index (χ4v) is 2.73. The number of nitrogens with zero attached hydrogens (tertiary/aromatic N) is 3. The van der Waals surface area contributed by atoms with E-state index in [0.29, 0.717) is 24.3 Å². The second-order valence-electron chi connectivity index (χ2n) is 4.85. The van der Waals surface area contributed by atoms with Gasteiger partial charge in [0.25, 0.3) is 0 Å². The Morgan fingerprint density at radius 1 is 1.45 bits per heavy atom. The SMILES string of the molecule is COc1ncnc(N)c1CN(C)C(C)Cc1ccsc1. The molecular formula is C14H20N4OS. The minimum atomic E-state index is 0.397. The van der Waals surface area contributed by atoms with Crippen molar-refractivity contribution in [2.75, 3.05) is 19.9 Å². The van der Waals surface area contributed by atoms with Crippen LogP contribution in [0.3, 0.4) is 0 Å². The highest BCUT2D eigenvalue weighted by Gasteiger charge is 2.16. The maximum atomic E-state index is 5.93. The van der Waals surface area contributed by atoms with Crippen molar-refractivity contribution in [3.05, 3.63) is 34.3 Å². The molecule has 0 fully saturated rings. The lowest BCUT2D eigenvalue weighted by molar-refractivity contribution is 0.243. The summed E-state index contributed by atoms with van der Waals surface area (Å²) in [6, 6.07) is 2.56. The molecule has 0 spiro atoms. The van der Waals surface area contributed by atoms with Crippen LogP contribution in [-0.4, -0.2) is 35.1 Å². The molecule has 0 aliphatic heterocycles. The van der Waals surface area contributed by atoms with Gasteiger partial charge in [0, 0.05) is 12.6 Å². The third kappa shape index (κ3) is 3.46. The Morgan fingerprint density at radius 2 is 2.25 bits per heavy atom. The summed E-state index contributed by atoms with van der Waals surface area (Å²) in [5.74, 6) is 1.03. The summed E-state index contributed by atoms with van der Waals surface area (Å²) < 4.78 is 5.26. The molecule has 2 aromatic rings. The summed E-state index contributed by atoms with van der Waals surface area (Å²) in [6.45, 7) is 2.87. The van der Waals surface area contributed by atoms with Crippen molar-refractivity contribution in [3.8, 4) is 5.88 Å². The van der Waals surface area contributed by atoms with Crippen molar-refractivity contribution in [2.24, 2.45) is 0 Å². The van der Waals surface area contributed by atoms with E-state index in [4.69, 9.17) is 10.5 Å². The lowest BCUT2D eigenvalue weighted by Crippen LogP contribution is -2.31. The van der Waals surface area contributed by atoms with Crippen molar-refractivity contribution in [1.29, 1.82) is 0 Å². The second kappa shape index (κ2) is 6.67. The van der Waals surface area contributed by atoms with Gasteiger partial charge in [0.15, 0.2) is 0 Å². The number of aromatic nitrogens is 2.